The number of H-pyrrole nitrogens is 1. The lowest BCUT2D eigenvalue weighted by Crippen LogP contribution is -2.32. The molecule has 0 radical (unpaired) electrons. The van der Waals surface area contributed by atoms with Crippen LogP contribution in [-0.2, 0) is 11.3 Å². The number of rotatable bonds is 3. The number of anilines is 1. The van der Waals surface area contributed by atoms with Crippen molar-refractivity contribution in [2.45, 2.75) is 6.54 Å². The predicted octanol–water partition coefficient (Wildman–Crippen LogP) is 0.723. The largest absolute Gasteiger partial charge is 0.328 e. The number of nitrogens with zero attached hydrogens (tertiary/aromatic N) is 2. The zero-order valence-corrected chi connectivity index (χ0v) is 11.4. The molecular weight excluding hydrogens is 284 g/mol. The molecule has 2 aromatic heterocycles. The van der Waals surface area contributed by atoms with Crippen LogP contribution in [0.25, 0.3) is 10.9 Å². The fourth-order valence-corrected chi connectivity index (χ4v) is 2.06. The summed E-state index contributed by atoms with van der Waals surface area (Å²) in [5.41, 5.74) is 0.248. The molecule has 0 aliphatic heterocycles. The molecule has 22 heavy (non-hydrogen) atoms. The van der Waals surface area contributed by atoms with E-state index in [1.807, 2.05) is 24.3 Å². The third kappa shape index (κ3) is 2.93. The molecule has 0 aliphatic carbocycles. The number of aromatic amines is 1. The van der Waals surface area contributed by atoms with E-state index in [1.54, 1.807) is 12.3 Å². The van der Waals surface area contributed by atoms with Crippen LogP contribution < -0.4 is 16.6 Å². The highest BCUT2D eigenvalue weighted by atomic mass is 16.2. The molecule has 0 bridgehead atoms. The van der Waals surface area contributed by atoms with Crippen LogP contribution >= 0.6 is 0 Å². The number of para-hydroxylation sites is 1. The number of benzene rings is 1. The molecule has 0 fully saturated rings. The topological polar surface area (TPSA) is 96.9 Å². The van der Waals surface area contributed by atoms with Crippen LogP contribution in [0.5, 0.6) is 0 Å². The van der Waals surface area contributed by atoms with E-state index in [-0.39, 0.29) is 12.5 Å². The van der Waals surface area contributed by atoms with Crippen molar-refractivity contribution in [3.63, 3.8) is 0 Å². The summed E-state index contributed by atoms with van der Waals surface area (Å²) in [6.45, 7) is -0.192. The van der Waals surface area contributed by atoms with Gasteiger partial charge in [-0.25, -0.2) is 4.79 Å². The molecular formula is C15H12N4O3. The summed E-state index contributed by atoms with van der Waals surface area (Å²) in [7, 11) is 0. The van der Waals surface area contributed by atoms with Crippen molar-refractivity contribution in [3.05, 3.63) is 69.6 Å². The van der Waals surface area contributed by atoms with Gasteiger partial charge in [-0.15, -0.1) is 0 Å². The summed E-state index contributed by atoms with van der Waals surface area (Å²) in [6.07, 6.45) is 2.83. The minimum atomic E-state index is -0.626. The van der Waals surface area contributed by atoms with Crippen LogP contribution in [0.4, 0.5) is 5.69 Å². The van der Waals surface area contributed by atoms with Crippen LogP contribution in [0.2, 0.25) is 0 Å². The van der Waals surface area contributed by atoms with Gasteiger partial charge >= 0.3 is 5.69 Å². The number of fused-ring (bicyclic) bond motifs is 1. The van der Waals surface area contributed by atoms with E-state index >= 15 is 0 Å². The third-order valence-corrected chi connectivity index (χ3v) is 3.09. The number of aromatic nitrogens is 3. The Kier molecular flexibility index (Phi) is 3.53. The molecule has 1 aromatic carbocycles. The van der Waals surface area contributed by atoms with Gasteiger partial charge in [0.05, 0.1) is 17.4 Å². The number of carbonyl (C=O) groups excluding carboxylic acids is 1. The fraction of sp³-hybridized carbons (Fsp3) is 0.0667. The van der Waals surface area contributed by atoms with Gasteiger partial charge in [0, 0.05) is 17.6 Å². The van der Waals surface area contributed by atoms with Crippen LogP contribution in [0.15, 0.2) is 58.4 Å². The zero-order chi connectivity index (χ0) is 15.5. The molecule has 3 aromatic rings. The van der Waals surface area contributed by atoms with Gasteiger partial charge in [0.15, 0.2) is 0 Å². The van der Waals surface area contributed by atoms with Crippen molar-refractivity contribution in [1.82, 2.24) is 14.5 Å². The lowest BCUT2D eigenvalue weighted by atomic mass is 10.2. The molecule has 0 saturated heterocycles. The minimum absolute atomic E-state index is 0.192. The highest BCUT2D eigenvalue weighted by Crippen LogP contribution is 2.15. The lowest BCUT2D eigenvalue weighted by Gasteiger charge is -2.07. The molecule has 2 N–H and O–H groups in total. The van der Waals surface area contributed by atoms with Gasteiger partial charge in [-0.1, -0.05) is 18.2 Å². The maximum atomic E-state index is 12.0. The van der Waals surface area contributed by atoms with Gasteiger partial charge in [0.25, 0.3) is 5.56 Å². The molecule has 7 nitrogen and oxygen atoms in total. The number of hydrogen-bond acceptors (Lipinski definition) is 4. The molecule has 0 saturated carbocycles. The quantitative estimate of drug-likeness (QED) is 0.744. The fourth-order valence-electron chi connectivity index (χ4n) is 2.06. The first-order valence-electron chi connectivity index (χ1n) is 6.56. The first-order chi connectivity index (χ1) is 10.6. The molecule has 0 spiro atoms. The Bertz CT molecular complexity index is 958. The number of amides is 1. The molecule has 1 amide bonds. The van der Waals surface area contributed by atoms with Crippen LogP contribution in [0, 0.1) is 0 Å². The van der Waals surface area contributed by atoms with E-state index in [0.717, 1.165) is 15.5 Å². The van der Waals surface area contributed by atoms with Crippen molar-refractivity contribution in [2.75, 3.05) is 5.32 Å². The van der Waals surface area contributed by atoms with Gasteiger partial charge in [-0.05, 0) is 12.1 Å². The van der Waals surface area contributed by atoms with Gasteiger partial charge in [-0.2, -0.15) is 0 Å². The number of hydrogen-bond donors (Lipinski definition) is 2. The molecule has 2 heterocycles. The summed E-state index contributed by atoms with van der Waals surface area (Å²) >= 11 is 0. The Hall–Kier alpha value is -3.22. The third-order valence-electron chi connectivity index (χ3n) is 3.09. The van der Waals surface area contributed by atoms with Crippen molar-refractivity contribution in [1.29, 1.82) is 0 Å². The first kappa shape index (κ1) is 13.7. The molecule has 0 atom stereocenters. The zero-order valence-electron chi connectivity index (χ0n) is 11.4. The molecule has 7 heteroatoms. The maximum Gasteiger partial charge on any atom is 0.328 e. The number of nitrogens with one attached hydrogen (secondary N) is 2. The van der Waals surface area contributed by atoms with Gasteiger partial charge in [0.2, 0.25) is 5.91 Å². The highest BCUT2D eigenvalue weighted by molar-refractivity contribution is 5.92. The standard InChI is InChI=1S/C15H12N4O3/c20-13-5-6-19(15(22)18-13)9-14(21)17-11-7-10-3-1-2-4-12(10)16-8-11/h1-8H,9H2,(H,17,21)(H,18,20,22). The second kappa shape index (κ2) is 5.65. The monoisotopic (exact) mass is 296 g/mol. The van der Waals surface area contributed by atoms with Crippen molar-refractivity contribution in [2.24, 2.45) is 0 Å². The van der Waals surface area contributed by atoms with Crippen molar-refractivity contribution >= 4 is 22.5 Å². The Labute approximate surface area is 124 Å². The second-order valence-corrected chi connectivity index (χ2v) is 4.70. The van der Waals surface area contributed by atoms with Gasteiger partial charge < -0.3 is 5.32 Å². The van der Waals surface area contributed by atoms with Gasteiger partial charge in [0.1, 0.15) is 6.54 Å². The lowest BCUT2D eigenvalue weighted by molar-refractivity contribution is -0.116. The summed E-state index contributed by atoms with van der Waals surface area (Å²) in [6, 6.07) is 10.5. The van der Waals surface area contributed by atoms with Crippen molar-refractivity contribution in [3.8, 4) is 0 Å². The second-order valence-electron chi connectivity index (χ2n) is 4.70. The van der Waals surface area contributed by atoms with E-state index in [9.17, 15) is 14.4 Å². The summed E-state index contributed by atoms with van der Waals surface area (Å²) in [5.74, 6) is -0.383. The average Bonchev–Trinajstić information content (AvgIpc) is 2.50. The Morgan fingerprint density at radius 3 is 2.86 bits per heavy atom. The number of pyridine rings is 1. The van der Waals surface area contributed by atoms with E-state index in [0.29, 0.717) is 5.69 Å². The molecule has 0 unspecified atom stereocenters. The van der Waals surface area contributed by atoms with Crippen molar-refractivity contribution < 1.29 is 4.79 Å². The van der Waals surface area contributed by atoms with E-state index < -0.39 is 11.2 Å². The Morgan fingerprint density at radius 2 is 2.05 bits per heavy atom. The Morgan fingerprint density at radius 1 is 1.23 bits per heavy atom. The Balaban J connectivity index is 1.78. The molecule has 3 rings (SSSR count). The van der Waals surface area contributed by atoms with Crippen LogP contribution in [0.3, 0.4) is 0 Å². The summed E-state index contributed by atoms with van der Waals surface area (Å²) in [4.78, 5) is 40.8. The van der Waals surface area contributed by atoms with Crippen LogP contribution in [0.1, 0.15) is 0 Å². The first-order valence-corrected chi connectivity index (χ1v) is 6.56. The van der Waals surface area contributed by atoms with E-state index in [2.05, 4.69) is 15.3 Å². The van der Waals surface area contributed by atoms with Crippen LogP contribution in [-0.4, -0.2) is 20.4 Å². The predicted molar refractivity (Wildman–Crippen MR) is 81.7 cm³/mol. The van der Waals surface area contributed by atoms with Gasteiger partial charge in [-0.3, -0.25) is 24.1 Å². The smallest absolute Gasteiger partial charge is 0.323 e. The summed E-state index contributed by atoms with van der Waals surface area (Å²) < 4.78 is 1.12. The SMILES string of the molecule is O=C(Cn1ccc(=O)[nH]c1=O)Nc1cnc2ccccc2c1. The number of carbonyl (C=O) groups is 1. The summed E-state index contributed by atoms with van der Waals surface area (Å²) in [5, 5.41) is 3.58. The maximum absolute atomic E-state index is 12.0. The molecule has 0 aliphatic rings. The van der Waals surface area contributed by atoms with E-state index in [1.165, 1.54) is 12.3 Å². The normalized spacial score (nSPS) is 10.5. The van der Waals surface area contributed by atoms with E-state index in [4.69, 9.17) is 0 Å². The highest BCUT2D eigenvalue weighted by Gasteiger charge is 2.06. The average molecular weight is 296 g/mol. The minimum Gasteiger partial charge on any atom is -0.323 e. The molecule has 110 valence electrons.